The zero-order chi connectivity index (χ0) is 32.8. The van der Waals surface area contributed by atoms with Gasteiger partial charge in [0.2, 0.25) is 5.91 Å². The summed E-state index contributed by atoms with van der Waals surface area (Å²) >= 11 is 0. The number of rotatable bonds is 13. The summed E-state index contributed by atoms with van der Waals surface area (Å²) in [5, 5.41) is 14.0. The van der Waals surface area contributed by atoms with Crippen molar-refractivity contribution < 1.29 is 36.7 Å². The molecule has 0 saturated carbocycles. The number of ether oxygens (including phenoxy) is 3. The maximum absolute atomic E-state index is 13.6. The molecule has 3 N–H and O–H groups in total. The lowest BCUT2D eigenvalue weighted by Gasteiger charge is -2.19. The Balaban J connectivity index is 1.52. The number of fused-ring (bicyclic) bond motifs is 1. The van der Waals surface area contributed by atoms with E-state index in [9.17, 15) is 18.0 Å². The van der Waals surface area contributed by atoms with Gasteiger partial charge in [-0.05, 0) is 62.6 Å². The van der Waals surface area contributed by atoms with Crippen molar-refractivity contribution in [3.8, 4) is 11.5 Å². The Bertz CT molecular complexity index is 1770. The van der Waals surface area contributed by atoms with E-state index < -0.39 is 21.7 Å². The molecule has 4 aromatic rings. The summed E-state index contributed by atoms with van der Waals surface area (Å²) in [5.41, 5.74) is 2.02. The number of nitrogens with one attached hydrogen (secondary N) is 3. The van der Waals surface area contributed by atoms with Crippen molar-refractivity contribution >= 4 is 38.8 Å². The van der Waals surface area contributed by atoms with Gasteiger partial charge in [-0.2, -0.15) is 5.10 Å². The summed E-state index contributed by atoms with van der Waals surface area (Å²) in [6.07, 6.45) is 3.51. The number of aryl methyl sites for hydroxylation is 1. The number of methoxy groups -OCH3 is 1. The van der Waals surface area contributed by atoms with Crippen molar-refractivity contribution in [1.29, 1.82) is 0 Å². The number of aromatic nitrogens is 3. The minimum absolute atomic E-state index is 0.0471. The molecule has 2 aromatic heterocycles. The van der Waals surface area contributed by atoms with E-state index in [0.29, 0.717) is 29.7 Å². The summed E-state index contributed by atoms with van der Waals surface area (Å²) in [4.78, 5) is 23.1. The summed E-state index contributed by atoms with van der Waals surface area (Å²) in [6, 6.07) is 8.37. The average molecular weight is 643 g/mol. The molecule has 2 aromatic carbocycles. The molecule has 242 valence electrons. The molecule has 0 saturated heterocycles. The van der Waals surface area contributed by atoms with Crippen LogP contribution in [0.5, 0.6) is 11.5 Å². The maximum Gasteiger partial charge on any atom is 0.407 e. The maximum atomic E-state index is 13.6. The first-order valence-electron chi connectivity index (χ1n) is 14.3. The molecule has 2 amide bonds. The Morgan fingerprint density at radius 3 is 2.51 bits per heavy atom. The molecule has 0 fully saturated rings. The van der Waals surface area contributed by atoms with E-state index in [2.05, 4.69) is 25.6 Å². The van der Waals surface area contributed by atoms with E-state index in [1.807, 2.05) is 6.92 Å². The second-order valence-corrected chi connectivity index (χ2v) is 12.8. The van der Waals surface area contributed by atoms with Gasteiger partial charge < -0.3 is 29.4 Å². The van der Waals surface area contributed by atoms with Crippen LogP contribution in [0.1, 0.15) is 51.3 Å². The number of benzene rings is 2. The highest BCUT2D eigenvalue weighted by molar-refractivity contribution is 7.92. The third kappa shape index (κ3) is 8.88. The van der Waals surface area contributed by atoms with Gasteiger partial charge in [-0.15, -0.1) is 0 Å². The lowest BCUT2D eigenvalue weighted by atomic mass is 10.1. The van der Waals surface area contributed by atoms with Crippen LogP contribution in [0.3, 0.4) is 0 Å². The van der Waals surface area contributed by atoms with Crippen molar-refractivity contribution in [3.05, 3.63) is 59.4 Å². The highest BCUT2D eigenvalue weighted by Crippen LogP contribution is 2.36. The summed E-state index contributed by atoms with van der Waals surface area (Å²) in [6.45, 7) is 9.54. The van der Waals surface area contributed by atoms with Crippen LogP contribution in [0.25, 0.3) is 11.0 Å². The van der Waals surface area contributed by atoms with Crippen molar-refractivity contribution in [1.82, 2.24) is 25.6 Å². The second kappa shape index (κ2) is 13.9. The topological polar surface area (TPSA) is 176 Å². The summed E-state index contributed by atoms with van der Waals surface area (Å²) in [5.74, 6) is 0.210. The first-order chi connectivity index (χ1) is 21.3. The van der Waals surface area contributed by atoms with Crippen LogP contribution in [0, 0.1) is 0 Å². The number of carbonyl (C=O) groups is 2. The van der Waals surface area contributed by atoms with Crippen LogP contribution in [0.4, 0.5) is 10.6 Å². The lowest BCUT2D eigenvalue weighted by Crippen LogP contribution is -2.32. The van der Waals surface area contributed by atoms with Gasteiger partial charge in [0.1, 0.15) is 34.0 Å². The van der Waals surface area contributed by atoms with Crippen LogP contribution in [-0.2, 0) is 39.1 Å². The molecule has 0 atom stereocenters. The third-order valence-corrected chi connectivity index (χ3v) is 7.72. The summed E-state index contributed by atoms with van der Waals surface area (Å²) in [7, 11) is -2.73. The molecule has 2 heterocycles. The van der Waals surface area contributed by atoms with Crippen molar-refractivity contribution in [3.63, 3.8) is 0 Å². The van der Waals surface area contributed by atoms with Crippen LogP contribution in [0.15, 0.2) is 52.1 Å². The predicted molar refractivity (Wildman–Crippen MR) is 166 cm³/mol. The number of anilines is 1. The van der Waals surface area contributed by atoms with E-state index in [4.69, 9.17) is 18.7 Å². The molecule has 14 nitrogen and oxygen atoms in total. The molecule has 0 radical (unpaired) electrons. The molecule has 45 heavy (non-hydrogen) atoms. The molecule has 0 aliphatic carbocycles. The van der Waals surface area contributed by atoms with E-state index in [1.165, 1.54) is 20.1 Å². The van der Waals surface area contributed by atoms with Crippen molar-refractivity contribution in [2.75, 3.05) is 25.0 Å². The second-order valence-electron chi connectivity index (χ2n) is 11.2. The molecule has 4 rings (SSSR count). The fourth-order valence-corrected chi connectivity index (χ4v) is 5.55. The largest absolute Gasteiger partial charge is 0.496 e. The highest BCUT2D eigenvalue weighted by Gasteiger charge is 2.25. The number of amides is 2. The average Bonchev–Trinajstić information content (AvgIpc) is 3.59. The Morgan fingerprint density at radius 1 is 1.04 bits per heavy atom. The molecule has 0 bridgehead atoms. The summed E-state index contributed by atoms with van der Waals surface area (Å²) < 4.78 is 53.5. The Morgan fingerprint density at radius 2 is 1.82 bits per heavy atom. The normalized spacial score (nSPS) is 11.7. The van der Waals surface area contributed by atoms with Gasteiger partial charge in [-0.25, -0.2) is 13.2 Å². The molecule has 0 unspecified atom stereocenters. The van der Waals surface area contributed by atoms with E-state index in [-0.39, 0.29) is 42.1 Å². The van der Waals surface area contributed by atoms with Crippen LogP contribution < -0.4 is 24.8 Å². The third-order valence-electron chi connectivity index (χ3n) is 6.36. The molecule has 15 heteroatoms. The van der Waals surface area contributed by atoms with E-state index in [0.717, 1.165) is 16.7 Å². The fourth-order valence-electron chi connectivity index (χ4n) is 4.34. The predicted octanol–water partition coefficient (Wildman–Crippen LogP) is 3.98. The number of alkyl carbamates (subject to hydrolysis) is 1. The Kier molecular flexibility index (Phi) is 10.2. The Hall–Kier alpha value is -4.79. The highest BCUT2D eigenvalue weighted by atomic mass is 32.2. The molecule has 0 spiro atoms. The minimum atomic E-state index is -4.19. The number of nitrogens with zero attached hydrogens (tertiary/aromatic N) is 3. The van der Waals surface area contributed by atoms with E-state index >= 15 is 0 Å². The smallest absolute Gasteiger partial charge is 0.407 e. The standard InChI is InChI=1S/C30H38N6O8S/c1-7-20-8-9-23(42-11-10-31-19(2)37)26(14-20)45(39,40)35-28-27-24(41-6)12-21(13-25(27)44-34-28)17-36-18-22(16-33-36)15-32-29(38)43-30(3,4)5/h8-9,12-14,16,18H,7,10-11,15,17H2,1-6H3,(H,31,37)(H,32,38)(H,34,35). The van der Waals surface area contributed by atoms with Crippen LogP contribution in [0.2, 0.25) is 0 Å². The SMILES string of the molecule is CCc1ccc(OCCNC(C)=O)c(S(=O)(=O)Nc2noc3cc(Cn4cc(CNC(=O)OC(C)(C)C)cn4)cc(OC)c23)c1. The quantitative estimate of drug-likeness (QED) is 0.181. The monoisotopic (exact) mass is 642 g/mol. The molecule has 0 aliphatic rings. The van der Waals surface area contributed by atoms with Gasteiger partial charge in [0.15, 0.2) is 11.4 Å². The first kappa shape index (κ1) is 33.1. The fraction of sp³-hybridized carbons (Fsp3) is 0.400. The van der Waals surface area contributed by atoms with Gasteiger partial charge in [-0.1, -0.05) is 18.1 Å². The number of hydrogen-bond donors (Lipinski definition) is 3. The van der Waals surface area contributed by atoms with Gasteiger partial charge in [0.05, 0.1) is 26.4 Å². The first-order valence-corrected chi connectivity index (χ1v) is 15.7. The molecule has 0 aliphatic heterocycles. The van der Waals surface area contributed by atoms with Gasteiger partial charge in [0, 0.05) is 25.2 Å². The molecular weight excluding hydrogens is 604 g/mol. The zero-order valence-electron chi connectivity index (χ0n) is 26.1. The number of hydrogen-bond acceptors (Lipinski definition) is 10. The zero-order valence-corrected chi connectivity index (χ0v) is 26.9. The van der Waals surface area contributed by atoms with E-state index in [1.54, 1.807) is 62.1 Å². The van der Waals surface area contributed by atoms with Crippen molar-refractivity contribution in [2.24, 2.45) is 0 Å². The minimum Gasteiger partial charge on any atom is -0.496 e. The number of carbonyl (C=O) groups excluding carboxylic acids is 2. The van der Waals surface area contributed by atoms with Crippen LogP contribution in [-0.4, -0.2) is 61.2 Å². The van der Waals surface area contributed by atoms with Gasteiger partial charge in [-0.3, -0.25) is 14.2 Å². The number of sulfonamides is 1. The van der Waals surface area contributed by atoms with Gasteiger partial charge >= 0.3 is 6.09 Å². The lowest BCUT2D eigenvalue weighted by molar-refractivity contribution is -0.119. The molecular formula is C30H38N6O8S. The van der Waals surface area contributed by atoms with Gasteiger partial charge in [0.25, 0.3) is 10.0 Å². The Labute approximate surface area is 261 Å². The van der Waals surface area contributed by atoms with Crippen molar-refractivity contribution in [2.45, 2.75) is 64.6 Å². The van der Waals surface area contributed by atoms with Crippen LogP contribution >= 0.6 is 0 Å².